The molecule has 53 heavy (non-hydrogen) atoms. The highest BCUT2D eigenvalue weighted by molar-refractivity contribution is 7.08. The van der Waals surface area contributed by atoms with Gasteiger partial charge in [0.25, 0.3) is 6.71 Å². The summed E-state index contributed by atoms with van der Waals surface area (Å²) in [6, 6.07) is 53.5. The fraction of sp³-hybridized carbons (Fsp3) is 0.106. The zero-order valence-electron chi connectivity index (χ0n) is 30.7. The molecule has 5 heterocycles. The molecule has 5 aliphatic heterocycles. The van der Waals surface area contributed by atoms with Gasteiger partial charge in [-0.3, -0.25) is 0 Å². The van der Waals surface area contributed by atoms with Crippen molar-refractivity contribution in [3.05, 3.63) is 145 Å². The molecule has 0 aliphatic carbocycles. The molecule has 0 N–H and O–H groups in total. The molecular formula is C47H38BN3Si2. The molecule has 7 aromatic rings. The van der Waals surface area contributed by atoms with Crippen LogP contribution in [-0.4, -0.2) is 22.9 Å². The van der Waals surface area contributed by atoms with Crippen LogP contribution in [-0.2, 0) is 0 Å². The maximum Gasteiger partial charge on any atom is 0.257 e. The predicted octanol–water partition coefficient (Wildman–Crippen LogP) is 7.80. The highest BCUT2D eigenvalue weighted by Crippen LogP contribution is 2.52. The van der Waals surface area contributed by atoms with Gasteiger partial charge in [-0.15, -0.1) is 0 Å². The van der Waals surface area contributed by atoms with Gasteiger partial charge in [-0.2, -0.15) is 0 Å². The van der Waals surface area contributed by atoms with E-state index in [0.717, 1.165) is 0 Å². The first-order valence-corrected chi connectivity index (χ1v) is 25.0. The third-order valence-electron chi connectivity index (χ3n) is 13.2. The third-order valence-corrected chi connectivity index (χ3v) is 20.2. The van der Waals surface area contributed by atoms with Crippen molar-refractivity contribution < 1.29 is 0 Å². The van der Waals surface area contributed by atoms with E-state index >= 15 is 0 Å². The Hall–Kier alpha value is -5.56. The van der Waals surface area contributed by atoms with E-state index < -0.39 is 16.1 Å². The number of para-hydroxylation sites is 3. The number of rotatable bonds is 2. The summed E-state index contributed by atoms with van der Waals surface area (Å²) in [6.45, 7) is 12.7. The maximum atomic E-state index is 2.68. The van der Waals surface area contributed by atoms with Crippen molar-refractivity contribution in [1.82, 2.24) is 0 Å². The number of hydrogen-bond donors (Lipinski definition) is 0. The maximum absolute atomic E-state index is 2.68. The Morgan fingerprint density at radius 1 is 0.396 bits per heavy atom. The molecule has 0 atom stereocenters. The highest BCUT2D eigenvalue weighted by atomic mass is 28.3. The minimum atomic E-state index is -2.07. The van der Waals surface area contributed by atoms with Gasteiger partial charge in [0, 0.05) is 51.1 Å². The molecule has 0 bridgehead atoms. The lowest BCUT2D eigenvalue weighted by Gasteiger charge is -2.54. The molecule has 0 fully saturated rings. The number of benzene rings is 7. The second kappa shape index (κ2) is 9.89. The van der Waals surface area contributed by atoms with Crippen LogP contribution in [0.5, 0.6) is 0 Å². The molecule has 252 valence electrons. The largest absolute Gasteiger partial charge is 0.312 e. The van der Waals surface area contributed by atoms with Gasteiger partial charge in [0.05, 0.1) is 5.69 Å². The van der Waals surface area contributed by atoms with E-state index in [9.17, 15) is 0 Å². The van der Waals surface area contributed by atoms with Gasteiger partial charge in [0.15, 0.2) is 0 Å². The fourth-order valence-electron chi connectivity index (χ4n) is 10.8. The van der Waals surface area contributed by atoms with E-state index in [4.69, 9.17) is 0 Å². The molecule has 0 saturated carbocycles. The van der Waals surface area contributed by atoms with Crippen molar-refractivity contribution in [1.29, 1.82) is 0 Å². The van der Waals surface area contributed by atoms with Gasteiger partial charge in [0.1, 0.15) is 16.1 Å². The normalized spacial score (nSPS) is 16.5. The van der Waals surface area contributed by atoms with Crippen LogP contribution in [0.4, 0.5) is 51.2 Å². The average Bonchev–Trinajstić information content (AvgIpc) is 3.17. The summed E-state index contributed by atoms with van der Waals surface area (Å²) in [4.78, 5) is 7.99. The first-order valence-electron chi connectivity index (χ1n) is 19.0. The van der Waals surface area contributed by atoms with Gasteiger partial charge in [-0.05, 0) is 97.7 Å². The van der Waals surface area contributed by atoms with Gasteiger partial charge < -0.3 is 14.7 Å². The van der Waals surface area contributed by atoms with Crippen LogP contribution < -0.4 is 51.8 Å². The SMILES string of the molecule is Cc1cc2c3c(c1)N1c4ccccc4[Si](C)(C)c4ccc5c(c41)B3c1c(ccc3c1N2c1ccccc1[Si]3(C)C)N5c1ccccc1-c1ccccc1. The molecule has 12 rings (SSSR count). The Balaban J connectivity index is 1.28. The minimum Gasteiger partial charge on any atom is -0.312 e. The highest BCUT2D eigenvalue weighted by Gasteiger charge is 2.55. The number of nitrogens with zero attached hydrogens (tertiary/aromatic N) is 3. The molecule has 5 aliphatic rings. The summed E-state index contributed by atoms with van der Waals surface area (Å²) >= 11 is 0. The Bertz CT molecular complexity index is 2650. The summed E-state index contributed by atoms with van der Waals surface area (Å²) in [7, 11) is -4.15. The first kappa shape index (κ1) is 30.0. The van der Waals surface area contributed by atoms with Crippen LogP contribution in [0.1, 0.15) is 5.56 Å². The third kappa shape index (κ3) is 3.52. The molecule has 0 unspecified atom stereocenters. The molecule has 0 amide bonds. The quantitative estimate of drug-likeness (QED) is 0.170. The van der Waals surface area contributed by atoms with Crippen molar-refractivity contribution in [3.8, 4) is 11.1 Å². The minimum absolute atomic E-state index is 0.133. The van der Waals surface area contributed by atoms with Crippen LogP contribution >= 0.6 is 0 Å². The molecule has 0 radical (unpaired) electrons. The molecular weight excluding hydrogens is 674 g/mol. The molecule has 0 saturated heterocycles. The van der Waals surface area contributed by atoms with Crippen LogP contribution in [0.2, 0.25) is 26.2 Å². The zero-order valence-corrected chi connectivity index (χ0v) is 32.7. The van der Waals surface area contributed by atoms with Gasteiger partial charge >= 0.3 is 0 Å². The van der Waals surface area contributed by atoms with Crippen molar-refractivity contribution in [2.45, 2.75) is 33.1 Å². The Morgan fingerprint density at radius 3 is 1.42 bits per heavy atom. The van der Waals surface area contributed by atoms with E-state index in [1.807, 2.05) is 0 Å². The lowest BCUT2D eigenvalue weighted by Crippen LogP contribution is -2.72. The van der Waals surface area contributed by atoms with E-state index in [1.54, 1.807) is 0 Å². The molecule has 0 spiro atoms. The number of anilines is 9. The standard InChI is InChI=1S/C47H38BN3Si2/c1-29-27-37-43-38(28-29)51-34-20-12-14-22-40(34)53(4,5)42-26-24-36-45(47(42)51)48(43)44-35(49(36)32-18-10-9-17-31(32)30-15-7-6-8-16-30)23-25-41-46(44)50(37)33-19-11-13-21-39(33)52(41,2)3/h6-28H,1-5H3. The van der Waals surface area contributed by atoms with Crippen LogP contribution in [0, 0.1) is 6.92 Å². The predicted molar refractivity (Wildman–Crippen MR) is 232 cm³/mol. The molecule has 6 heteroatoms. The van der Waals surface area contributed by atoms with Crippen molar-refractivity contribution in [2.24, 2.45) is 0 Å². The van der Waals surface area contributed by atoms with Crippen LogP contribution in [0.25, 0.3) is 11.1 Å². The first-order chi connectivity index (χ1) is 25.8. The number of hydrogen-bond acceptors (Lipinski definition) is 3. The Kier molecular flexibility index (Phi) is 5.59. The topological polar surface area (TPSA) is 9.72 Å². The summed E-state index contributed by atoms with van der Waals surface area (Å²) in [5.41, 5.74) is 20.2. The summed E-state index contributed by atoms with van der Waals surface area (Å²) < 4.78 is 0. The summed E-state index contributed by atoms with van der Waals surface area (Å²) in [5.74, 6) is 0. The number of aryl methyl sites for hydroxylation is 1. The molecule has 7 aromatic carbocycles. The lowest BCUT2D eigenvalue weighted by molar-refractivity contribution is 1.21. The second-order valence-electron chi connectivity index (χ2n) is 16.6. The second-order valence-corrected chi connectivity index (χ2v) is 25.3. The monoisotopic (exact) mass is 711 g/mol. The van der Waals surface area contributed by atoms with Crippen LogP contribution in [0.3, 0.4) is 0 Å². The fourth-order valence-corrected chi connectivity index (χ4v) is 16.8. The smallest absolute Gasteiger partial charge is 0.257 e. The Morgan fingerprint density at radius 2 is 0.868 bits per heavy atom. The van der Waals surface area contributed by atoms with Crippen molar-refractivity contribution in [3.63, 3.8) is 0 Å². The van der Waals surface area contributed by atoms with Gasteiger partial charge in [-0.25, -0.2) is 0 Å². The number of fused-ring (bicyclic) bond motifs is 6. The molecule has 3 nitrogen and oxygen atoms in total. The summed E-state index contributed by atoms with van der Waals surface area (Å²) in [6.07, 6.45) is 0. The molecule has 0 aromatic heterocycles. The lowest BCUT2D eigenvalue weighted by atomic mass is 9.31. The van der Waals surface area contributed by atoms with E-state index in [-0.39, 0.29) is 6.71 Å². The van der Waals surface area contributed by atoms with Crippen LogP contribution in [0.15, 0.2) is 140 Å². The average molecular weight is 712 g/mol. The van der Waals surface area contributed by atoms with Crippen molar-refractivity contribution >= 4 is 111 Å². The summed E-state index contributed by atoms with van der Waals surface area (Å²) in [5, 5.41) is 6.10. The van der Waals surface area contributed by atoms with E-state index in [2.05, 4.69) is 187 Å². The van der Waals surface area contributed by atoms with Crippen molar-refractivity contribution in [2.75, 3.05) is 14.7 Å². The zero-order chi connectivity index (χ0) is 35.5. The van der Waals surface area contributed by atoms with E-state index in [1.165, 1.54) is 105 Å². The van der Waals surface area contributed by atoms with E-state index in [0.29, 0.717) is 0 Å². The Labute approximate surface area is 313 Å². The van der Waals surface area contributed by atoms with Gasteiger partial charge in [0.2, 0.25) is 0 Å². The van der Waals surface area contributed by atoms with Gasteiger partial charge in [-0.1, -0.05) is 123 Å².